The molecule has 1 aromatic rings. The van der Waals surface area contributed by atoms with Crippen molar-refractivity contribution in [1.82, 2.24) is 0 Å². The van der Waals surface area contributed by atoms with Crippen molar-refractivity contribution < 1.29 is 0 Å². The number of halogens is 1. The fraction of sp³-hybridized carbons (Fsp3) is 0.538. The predicted octanol–water partition coefficient (Wildman–Crippen LogP) is 4.93. The van der Waals surface area contributed by atoms with Crippen LogP contribution in [0.1, 0.15) is 26.3 Å². The Hall–Kier alpha value is -0.273. The van der Waals surface area contributed by atoms with Gasteiger partial charge in [-0.15, -0.1) is 0 Å². The number of rotatable bonds is 2. The van der Waals surface area contributed by atoms with Crippen LogP contribution >= 0.6 is 11.6 Å². The van der Waals surface area contributed by atoms with Gasteiger partial charge in [0.15, 0.2) is 0 Å². The van der Waals surface area contributed by atoms with Gasteiger partial charge < -0.3 is 0 Å². The molecule has 0 aromatic heterocycles. The van der Waals surface area contributed by atoms with Crippen molar-refractivity contribution in [3.63, 3.8) is 0 Å². The highest BCUT2D eigenvalue weighted by molar-refractivity contribution is 6.79. The number of hydrogen-bond donors (Lipinski definition) is 0. The highest BCUT2D eigenvalue weighted by atomic mass is 35.5. The molecule has 2 heteroatoms. The van der Waals surface area contributed by atoms with E-state index >= 15 is 0 Å². The first-order valence-electron chi connectivity index (χ1n) is 5.47. The summed E-state index contributed by atoms with van der Waals surface area (Å²) in [6.07, 6.45) is 0. The van der Waals surface area contributed by atoms with Gasteiger partial charge in [-0.1, -0.05) is 63.2 Å². The fourth-order valence-electron chi connectivity index (χ4n) is 1.38. The first-order chi connectivity index (χ1) is 6.72. The highest BCUT2D eigenvalue weighted by Crippen LogP contribution is 2.37. The minimum absolute atomic E-state index is 0.451. The van der Waals surface area contributed by atoms with Crippen molar-refractivity contribution in [1.29, 1.82) is 0 Å². The Morgan fingerprint density at radius 2 is 1.53 bits per heavy atom. The molecule has 0 saturated heterocycles. The zero-order valence-corrected chi connectivity index (χ0v) is 12.2. The summed E-state index contributed by atoms with van der Waals surface area (Å²) in [5.74, 6) is 0. The summed E-state index contributed by atoms with van der Waals surface area (Å²) in [5.41, 5.74) is 1.42. The van der Waals surface area contributed by atoms with Gasteiger partial charge in [-0.3, -0.25) is 0 Å². The molecule has 0 heterocycles. The first kappa shape index (κ1) is 12.8. The van der Waals surface area contributed by atoms with E-state index in [1.54, 1.807) is 0 Å². The number of benzene rings is 1. The van der Waals surface area contributed by atoms with Gasteiger partial charge in [0.2, 0.25) is 0 Å². The largest absolute Gasteiger partial charge is 0.0843 e. The van der Waals surface area contributed by atoms with Crippen LogP contribution in [-0.4, -0.2) is 8.07 Å². The fourth-order valence-corrected chi connectivity index (χ4v) is 3.29. The van der Waals surface area contributed by atoms with E-state index in [0.717, 1.165) is 5.02 Å². The molecule has 84 valence electrons. The maximum atomic E-state index is 5.88. The minimum atomic E-state index is -1.21. The van der Waals surface area contributed by atoms with E-state index in [2.05, 4.69) is 46.0 Å². The summed E-state index contributed by atoms with van der Waals surface area (Å²) in [5, 5.41) is 1.28. The van der Waals surface area contributed by atoms with Crippen LogP contribution in [0.25, 0.3) is 0 Å². The highest BCUT2D eigenvalue weighted by Gasteiger charge is 2.34. The summed E-state index contributed by atoms with van der Waals surface area (Å²) in [7, 11) is -1.21. The molecule has 0 saturated carbocycles. The predicted molar refractivity (Wildman–Crippen MR) is 72.4 cm³/mol. The third-order valence-electron chi connectivity index (χ3n) is 3.59. The van der Waals surface area contributed by atoms with E-state index in [0.29, 0.717) is 5.04 Å². The molecule has 0 fully saturated rings. The topological polar surface area (TPSA) is 0 Å². The molecule has 0 aliphatic carbocycles. The van der Waals surface area contributed by atoms with Crippen LogP contribution in [-0.2, 0) is 6.04 Å². The van der Waals surface area contributed by atoms with E-state index in [-0.39, 0.29) is 0 Å². The van der Waals surface area contributed by atoms with Crippen molar-refractivity contribution in [2.75, 3.05) is 0 Å². The average molecular weight is 241 g/mol. The maximum Gasteiger partial charge on any atom is 0.0571 e. The molecule has 15 heavy (non-hydrogen) atoms. The van der Waals surface area contributed by atoms with Crippen LogP contribution in [0.15, 0.2) is 24.3 Å². The molecule has 0 amide bonds. The molecule has 1 aromatic carbocycles. The summed E-state index contributed by atoms with van der Waals surface area (Å²) in [6, 6.07) is 9.52. The zero-order valence-electron chi connectivity index (χ0n) is 10.4. The molecule has 0 nitrogen and oxygen atoms in total. The van der Waals surface area contributed by atoms with Crippen molar-refractivity contribution >= 4 is 19.7 Å². The van der Waals surface area contributed by atoms with Gasteiger partial charge in [-0.2, -0.15) is 0 Å². The molecule has 0 atom stereocenters. The molecule has 0 bridgehead atoms. The lowest BCUT2D eigenvalue weighted by Crippen LogP contribution is -2.39. The first-order valence-corrected chi connectivity index (χ1v) is 9.05. The Bertz CT molecular complexity index is 319. The van der Waals surface area contributed by atoms with Gasteiger partial charge >= 0.3 is 0 Å². The Labute approximate surface area is 99.7 Å². The van der Waals surface area contributed by atoms with Crippen molar-refractivity contribution in [3.8, 4) is 0 Å². The lowest BCUT2D eigenvalue weighted by Gasteiger charge is -2.37. The van der Waals surface area contributed by atoms with Crippen molar-refractivity contribution in [3.05, 3.63) is 34.9 Å². The smallest absolute Gasteiger partial charge is 0.0571 e. The lowest BCUT2D eigenvalue weighted by molar-refractivity contribution is 0.714. The summed E-state index contributed by atoms with van der Waals surface area (Å²) in [4.78, 5) is 0. The van der Waals surface area contributed by atoms with Gasteiger partial charge in [-0.25, -0.2) is 0 Å². The molecule has 0 unspecified atom stereocenters. The Morgan fingerprint density at radius 1 is 1.07 bits per heavy atom. The van der Waals surface area contributed by atoms with E-state index in [1.807, 2.05) is 12.1 Å². The van der Waals surface area contributed by atoms with Crippen LogP contribution in [0, 0.1) is 0 Å². The van der Waals surface area contributed by atoms with Gasteiger partial charge in [0.1, 0.15) is 0 Å². The van der Waals surface area contributed by atoms with Crippen LogP contribution in [0.5, 0.6) is 0 Å². The van der Waals surface area contributed by atoms with Crippen LogP contribution < -0.4 is 0 Å². The third kappa shape index (κ3) is 3.35. The van der Waals surface area contributed by atoms with E-state index in [1.165, 1.54) is 11.6 Å². The normalized spacial score (nSPS) is 12.9. The molecule has 0 N–H and O–H groups in total. The monoisotopic (exact) mass is 240 g/mol. The zero-order chi connectivity index (χ0) is 11.7. The third-order valence-corrected chi connectivity index (χ3v) is 9.19. The van der Waals surface area contributed by atoms with Gasteiger partial charge in [0, 0.05) is 5.02 Å². The SMILES string of the molecule is CC(C)(C)[Si](C)(C)Cc1ccc(Cl)cc1. The molecule has 1 rings (SSSR count). The molecular formula is C13H21ClSi. The van der Waals surface area contributed by atoms with E-state index in [4.69, 9.17) is 11.6 Å². The average Bonchev–Trinajstić information content (AvgIpc) is 2.06. The molecular weight excluding hydrogens is 220 g/mol. The lowest BCUT2D eigenvalue weighted by atomic mass is 10.2. The molecule has 0 spiro atoms. The summed E-state index contributed by atoms with van der Waals surface area (Å²) < 4.78 is 0. The molecule has 0 aliphatic heterocycles. The van der Waals surface area contributed by atoms with Crippen LogP contribution in [0.2, 0.25) is 23.2 Å². The standard InChI is InChI=1S/C13H21ClSi/c1-13(2,3)15(4,5)10-11-6-8-12(14)9-7-11/h6-9H,10H2,1-5H3. The molecule has 0 radical (unpaired) electrons. The molecule has 0 aliphatic rings. The van der Waals surface area contributed by atoms with E-state index < -0.39 is 8.07 Å². The summed E-state index contributed by atoms with van der Waals surface area (Å²) in [6.45, 7) is 12.0. The summed E-state index contributed by atoms with van der Waals surface area (Å²) >= 11 is 5.88. The van der Waals surface area contributed by atoms with Crippen molar-refractivity contribution in [2.45, 2.75) is 44.9 Å². The minimum Gasteiger partial charge on any atom is -0.0843 e. The van der Waals surface area contributed by atoms with Gasteiger partial charge in [-0.05, 0) is 23.2 Å². The second kappa shape index (κ2) is 4.30. The quantitative estimate of drug-likeness (QED) is 0.643. The van der Waals surface area contributed by atoms with E-state index in [9.17, 15) is 0 Å². The van der Waals surface area contributed by atoms with Gasteiger partial charge in [0.05, 0.1) is 8.07 Å². The van der Waals surface area contributed by atoms with Gasteiger partial charge in [0.25, 0.3) is 0 Å². The Balaban J connectivity index is 2.82. The van der Waals surface area contributed by atoms with Crippen LogP contribution in [0.4, 0.5) is 0 Å². The Kier molecular flexibility index (Phi) is 3.67. The Morgan fingerprint density at radius 3 is 1.93 bits per heavy atom. The second-order valence-corrected chi connectivity index (χ2v) is 12.0. The van der Waals surface area contributed by atoms with Crippen molar-refractivity contribution in [2.24, 2.45) is 0 Å². The number of hydrogen-bond acceptors (Lipinski definition) is 0. The van der Waals surface area contributed by atoms with Crippen LogP contribution in [0.3, 0.4) is 0 Å². The maximum absolute atomic E-state index is 5.88. The second-order valence-electron chi connectivity index (χ2n) is 5.94.